The van der Waals surface area contributed by atoms with Crippen LogP contribution in [0.5, 0.6) is 0 Å². The number of aliphatic hydroxyl groups is 2. The van der Waals surface area contributed by atoms with Gasteiger partial charge in [0.1, 0.15) is 12.6 Å². The number of likely N-dealkylation sites (tertiary alicyclic amines) is 2. The van der Waals surface area contributed by atoms with E-state index in [1.165, 1.54) is 23.1 Å². The van der Waals surface area contributed by atoms with E-state index in [2.05, 4.69) is 11.9 Å². The lowest BCUT2D eigenvalue weighted by Crippen LogP contribution is -3.07. The number of carboxylic acid groups (broad SMARTS) is 1. The third kappa shape index (κ3) is 15.7. The van der Waals surface area contributed by atoms with Crippen LogP contribution in [0.4, 0.5) is 11.4 Å². The first kappa shape index (κ1) is 55.9. The minimum absolute atomic E-state index is 0.0334. The Morgan fingerprint density at radius 2 is 1.13 bits per heavy atom. The zero-order valence-corrected chi connectivity index (χ0v) is 40.2. The van der Waals surface area contributed by atoms with Gasteiger partial charge in [-0.25, -0.2) is 14.4 Å². The van der Waals surface area contributed by atoms with Gasteiger partial charge in [-0.05, 0) is 81.3 Å². The van der Waals surface area contributed by atoms with E-state index in [4.69, 9.17) is 24.2 Å². The van der Waals surface area contributed by atoms with Crippen LogP contribution < -0.4 is 4.90 Å². The maximum atomic E-state index is 12.8. The van der Waals surface area contributed by atoms with Crippen molar-refractivity contribution < 1.29 is 63.5 Å². The van der Waals surface area contributed by atoms with Gasteiger partial charge in [0, 0.05) is 55.6 Å². The third-order valence-electron chi connectivity index (χ3n) is 13.0. The standard InChI is InChI=1S/2C18H25NO3.C8H9NO2.C7H5NO4.CO2/c2*1-19-12-11-16(13-19)22-17(20)18(21,15-9-5-6-10-15)14-7-3-2-4-8-14;1-6-3-7(2)5-8(4-6)9(10)11;9-7(10)5-2-1-3-6(4-5)8(11)12;2-1-3/h2*2-4,7-8,15-16,21H,5-6,9-13H2,1H3;3-5H,1-2H3;1-4H,(H,9,10);/p+1. The number of esters is 2. The number of nitrogens with zero attached hydrogens (tertiary/aromatic N) is 3. The van der Waals surface area contributed by atoms with E-state index >= 15 is 0 Å². The fourth-order valence-electron chi connectivity index (χ4n) is 9.49. The number of nitrogens with one attached hydrogen (secondary N) is 1. The number of aromatic carboxylic acids is 1. The van der Waals surface area contributed by atoms with Crippen LogP contribution in [0, 0.1) is 45.9 Å². The molecule has 18 nitrogen and oxygen atoms in total. The van der Waals surface area contributed by atoms with Gasteiger partial charge in [0.15, 0.2) is 17.3 Å². The average Bonchev–Trinajstić information content (AvgIpc) is 4.21. The summed E-state index contributed by atoms with van der Waals surface area (Å²) in [7, 11) is 4.13. The average molecular weight is 970 g/mol. The van der Waals surface area contributed by atoms with Gasteiger partial charge >= 0.3 is 24.1 Å². The Balaban J connectivity index is 0.000000208. The van der Waals surface area contributed by atoms with Crippen molar-refractivity contribution in [2.24, 2.45) is 11.8 Å². The number of likely N-dealkylation sites (N-methyl/N-ethyl adjacent to an activating group) is 2. The smallest absolute Gasteiger partial charge is 0.373 e. The number of hydrogen-bond acceptors (Lipinski definition) is 14. The Morgan fingerprint density at radius 1 is 0.671 bits per heavy atom. The van der Waals surface area contributed by atoms with Crippen molar-refractivity contribution >= 4 is 35.4 Å². The number of nitro benzene ring substituents is 2. The van der Waals surface area contributed by atoms with Gasteiger partial charge in [-0.3, -0.25) is 20.2 Å². The van der Waals surface area contributed by atoms with E-state index in [9.17, 15) is 44.8 Å². The molecule has 376 valence electrons. The Morgan fingerprint density at radius 3 is 1.51 bits per heavy atom. The van der Waals surface area contributed by atoms with E-state index in [-0.39, 0.29) is 52.1 Å². The summed E-state index contributed by atoms with van der Waals surface area (Å²) in [5.74, 6) is -2.16. The second kappa shape index (κ2) is 26.9. The summed E-state index contributed by atoms with van der Waals surface area (Å²) in [6, 6.07) is 28.6. The summed E-state index contributed by atoms with van der Waals surface area (Å²) in [5, 5.41) is 51.6. The molecule has 4 N–H and O–H groups in total. The molecule has 4 aromatic carbocycles. The Bertz CT molecular complexity index is 2240. The normalized spacial score (nSPS) is 20.3. The van der Waals surface area contributed by atoms with E-state index in [1.807, 2.05) is 87.6 Å². The molecule has 8 rings (SSSR count). The van der Waals surface area contributed by atoms with Gasteiger partial charge in [0.25, 0.3) is 11.4 Å². The maximum Gasteiger partial charge on any atom is 0.373 e. The number of aryl methyl sites for hydroxylation is 2. The molecule has 5 unspecified atom stereocenters. The molecule has 2 heterocycles. The minimum atomic E-state index is -1.50. The highest BCUT2D eigenvalue weighted by atomic mass is 16.6. The third-order valence-corrected chi connectivity index (χ3v) is 13.0. The number of nitro groups is 2. The molecule has 2 saturated heterocycles. The number of benzene rings is 4. The summed E-state index contributed by atoms with van der Waals surface area (Å²) < 4.78 is 11.4. The van der Waals surface area contributed by atoms with Crippen molar-refractivity contribution in [2.45, 2.75) is 101 Å². The number of carbonyl (C=O) groups excluding carboxylic acids is 4. The molecule has 18 heteroatoms. The van der Waals surface area contributed by atoms with E-state index in [1.54, 1.807) is 12.1 Å². The molecule has 0 spiro atoms. The fraction of sp³-hybridized carbons (Fsp3) is 0.462. The van der Waals surface area contributed by atoms with Gasteiger partial charge in [-0.15, -0.1) is 0 Å². The topological polar surface area (TPSA) is 258 Å². The first-order chi connectivity index (χ1) is 33.3. The number of carbonyl (C=O) groups is 3. The van der Waals surface area contributed by atoms with Crippen molar-refractivity contribution in [3.63, 3.8) is 0 Å². The molecule has 0 bridgehead atoms. The zero-order chi connectivity index (χ0) is 51.4. The SMILES string of the molecule is CN1CCC(OC(=O)C(O)(c2ccccc2)C2CCCC2)C1.C[NH+]1CCC(OC(=O)C(O)(c2ccccc2)C2CCCC2)C1.Cc1cc(C)cc([N+](=O)[O-])c1.O=C(O)c1cccc([N+](=O)[O-])c1.O=C=O. The molecule has 0 amide bonds. The highest BCUT2D eigenvalue weighted by Crippen LogP contribution is 2.43. The summed E-state index contributed by atoms with van der Waals surface area (Å²) in [5.41, 5.74) is 0.0755. The number of quaternary nitrogens is 1. The monoisotopic (exact) mass is 969 g/mol. The minimum Gasteiger partial charge on any atom is -0.478 e. The van der Waals surface area contributed by atoms with Crippen molar-refractivity contribution in [2.75, 3.05) is 40.3 Å². The maximum absolute atomic E-state index is 12.8. The lowest BCUT2D eigenvalue weighted by molar-refractivity contribution is -0.867. The molecule has 0 aromatic heterocycles. The van der Waals surface area contributed by atoms with E-state index in [0.717, 1.165) is 108 Å². The first-order valence-corrected chi connectivity index (χ1v) is 23.5. The summed E-state index contributed by atoms with van der Waals surface area (Å²) in [6.45, 7) is 7.23. The van der Waals surface area contributed by atoms with Crippen LogP contribution in [-0.2, 0) is 39.9 Å². The highest BCUT2D eigenvalue weighted by Gasteiger charge is 2.50. The number of rotatable bonds is 11. The van der Waals surface area contributed by atoms with Gasteiger partial charge in [0.2, 0.25) is 0 Å². The fourth-order valence-corrected chi connectivity index (χ4v) is 9.49. The molecule has 0 radical (unpaired) electrons. The van der Waals surface area contributed by atoms with Crippen LogP contribution >= 0.6 is 0 Å². The summed E-state index contributed by atoms with van der Waals surface area (Å²) in [4.78, 5) is 75.3. The molecule has 4 aliphatic rings. The number of carboxylic acids is 1. The molecule has 4 fully saturated rings. The number of ether oxygens (including phenoxy) is 2. The predicted molar refractivity (Wildman–Crippen MR) is 255 cm³/mol. The van der Waals surface area contributed by atoms with Gasteiger partial charge in [-0.1, -0.05) is 98.5 Å². The van der Waals surface area contributed by atoms with Crippen LogP contribution in [-0.4, -0.2) is 107 Å². The Kier molecular flexibility index (Phi) is 21.5. The van der Waals surface area contributed by atoms with Gasteiger partial charge in [0.05, 0.1) is 29.0 Å². The highest BCUT2D eigenvalue weighted by molar-refractivity contribution is 5.88. The van der Waals surface area contributed by atoms with Crippen molar-refractivity contribution in [1.29, 1.82) is 0 Å². The van der Waals surface area contributed by atoms with E-state index in [0.29, 0.717) is 11.1 Å². The molecule has 2 saturated carbocycles. The van der Waals surface area contributed by atoms with Crippen LogP contribution in [0.15, 0.2) is 103 Å². The predicted octanol–water partition coefficient (Wildman–Crippen LogP) is 6.13. The van der Waals surface area contributed by atoms with Crippen molar-refractivity contribution in [3.05, 3.63) is 151 Å². The summed E-state index contributed by atoms with van der Waals surface area (Å²) in [6.07, 6.45) is 9.62. The zero-order valence-electron chi connectivity index (χ0n) is 40.2. The molecule has 70 heavy (non-hydrogen) atoms. The van der Waals surface area contributed by atoms with Gasteiger partial charge in [-0.2, -0.15) is 9.59 Å². The summed E-state index contributed by atoms with van der Waals surface area (Å²) >= 11 is 0. The quantitative estimate of drug-likeness (QED) is 0.0749. The molecule has 2 aliphatic heterocycles. The molecule has 5 atom stereocenters. The van der Waals surface area contributed by atoms with Crippen LogP contribution in [0.2, 0.25) is 0 Å². The van der Waals surface area contributed by atoms with Crippen LogP contribution in [0.1, 0.15) is 96.8 Å². The lowest BCUT2D eigenvalue weighted by atomic mass is 9.80. The second-order valence-electron chi connectivity index (χ2n) is 18.3. The first-order valence-electron chi connectivity index (χ1n) is 23.5. The van der Waals surface area contributed by atoms with Crippen molar-refractivity contribution in [3.8, 4) is 0 Å². The largest absolute Gasteiger partial charge is 0.478 e. The molecule has 4 aromatic rings. The Hall–Kier alpha value is -6.69. The van der Waals surface area contributed by atoms with Gasteiger partial charge < -0.3 is 34.6 Å². The lowest BCUT2D eigenvalue weighted by Gasteiger charge is -2.33. The molecular formula is C52H65N4O14+. The second-order valence-corrected chi connectivity index (χ2v) is 18.3. The van der Waals surface area contributed by atoms with Crippen LogP contribution in [0.3, 0.4) is 0 Å². The molecular weight excluding hydrogens is 905 g/mol. The van der Waals surface area contributed by atoms with Crippen LogP contribution in [0.25, 0.3) is 0 Å². The van der Waals surface area contributed by atoms with E-state index < -0.39 is 34.0 Å². The molecule has 2 aliphatic carbocycles. The number of hydrogen-bond donors (Lipinski definition) is 4. The van der Waals surface area contributed by atoms with Crippen molar-refractivity contribution in [1.82, 2.24) is 4.90 Å². The Labute approximate surface area is 407 Å². The number of non-ortho nitro benzene ring substituents is 2.